The number of hydrogen-bond acceptors (Lipinski definition) is 4. The third-order valence-corrected chi connectivity index (χ3v) is 6.40. The van der Waals surface area contributed by atoms with Gasteiger partial charge >= 0.3 is 0 Å². The van der Waals surface area contributed by atoms with Crippen LogP contribution in [-0.2, 0) is 17.9 Å². The normalized spacial score (nSPS) is 14.9. The number of rotatable bonds is 7. The van der Waals surface area contributed by atoms with Crippen molar-refractivity contribution in [2.45, 2.75) is 13.1 Å². The summed E-state index contributed by atoms with van der Waals surface area (Å²) in [6.45, 7) is 4.32. The van der Waals surface area contributed by atoms with Gasteiger partial charge in [-0.05, 0) is 41.1 Å². The number of fused-ring (bicyclic) bond motifs is 1. The Morgan fingerprint density at radius 1 is 1.03 bits per heavy atom. The topological polar surface area (TPSA) is 35.6 Å². The predicted molar refractivity (Wildman–Crippen MR) is 128 cm³/mol. The Bertz CT molecular complexity index is 995. The van der Waals surface area contributed by atoms with Gasteiger partial charge in [0.15, 0.2) is 0 Å². The van der Waals surface area contributed by atoms with Crippen LogP contribution in [-0.4, -0.2) is 53.9 Å². The molecule has 1 aliphatic heterocycles. The van der Waals surface area contributed by atoms with Gasteiger partial charge in [-0.3, -0.25) is 14.6 Å². The summed E-state index contributed by atoms with van der Waals surface area (Å²) in [6.07, 6.45) is 0. The monoisotopic (exact) mass is 419 g/mol. The second-order valence-electron chi connectivity index (χ2n) is 7.95. The Balaban J connectivity index is 1.33. The molecule has 0 radical (unpaired) electrons. The molecule has 3 aromatic carbocycles. The summed E-state index contributed by atoms with van der Waals surface area (Å²) in [5.74, 6) is 2.43. The molecular formula is C25H29N3OS. The smallest absolute Gasteiger partial charge is 0.238 e. The fourth-order valence-corrected chi connectivity index (χ4v) is 4.97. The van der Waals surface area contributed by atoms with Gasteiger partial charge in [-0.25, -0.2) is 0 Å². The Kier molecular flexibility index (Phi) is 7.05. The lowest BCUT2D eigenvalue weighted by Gasteiger charge is -2.26. The predicted octanol–water partition coefficient (Wildman–Crippen LogP) is 4.46. The summed E-state index contributed by atoms with van der Waals surface area (Å²) >= 11 is 2.02. The molecule has 0 saturated carbocycles. The van der Waals surface area contributed by atoms with Crippen LogP contribution in [0, 0.1) is 0 Å². The molecule has 1 saturated heterocycles. The van der Waals surface area contributed by atoms with E-state index in [1.54, 1.807) is 0 Å². The van der Waals surface area contributed by atoms with Gasteiger partial charge in [-0.2, -0.15) is 11.8 Å². The molecule has 4 nitrogen and oxygen atoms in total. The van der Waals surface area contributed by atoms with Crippen LogP contribution in [0.3, 0.4) is 0 Å². The maximum atomic E-state index is 12.6. The average molecular weight is 420 g/mol. The Hall–Kier alpha value is -2.34. The van der Waals surface area contributed by atoms with Gasteiger partial charge in [0.25, 0.3) is 0 Å². The highest BCUT2D eigenvalue weighted by atomic mass is 32.2. The van der Waals surface area contributed by atoms with Crippen molar-refractivity contribution in [1.82, 2.24) is 9.80 Å². The van der Waals surface area contributed by atoms with Crippen LogP contribution < -0.4 is 5.32 Å². The second kappa shape index (κ2) is 10.1. The standard InChI is InChI=1S/C25H29N3OS/c1-27(18-22-9-5-8-21-7-2-3-11-24(21)22)19-25(29)26-23-10-4-6-20(16-23)17-28-12-14-30-15-13-28/h2-11,16H,12-15,17-19H2,1H3,(H,26,29). The third-order valence-electron chi connectivity index (χ3n) is 5.45. The van der Waals surface area contributed by atoms with Crippen LogP contribution >= 0.6 is 11.8 Å². The first-order chi connectivity index (χ1) is 14.7. The van der Waals surface area contributed by atoms with Crippen LogP contribution in [0.1, 0.15) is 11.1 Å². The molecule has 1 fully saturated rings. The summed E-state index contributed by atoms with van der Waals surface area (Å²) in [5, 5.41) is 5.55. The minimum atomic E-state index is 0.0178. The maximum Gasteiger partial charge on any atom is 0.238 e. The molecule has 1 heterocycles. The summed E-state index contributed by atoms with van der Waals surface area (Å²) in [6, 6.07) is 23.0. The van der Waals surface area contributed by atoms with Crippen LogP contribution in [0.5, 0.6) is 0 Å². The van der Waals surface area contributed by atoms with E-state index in [2.05, 4.69) is 69.7 Å². The van der Waals surface area contributed by atoms with Gasteiger partial charge in [0, 0.05) is 43.4 Å². The quantitative estimate of drug-likeness (QED) is 0.613. The van der Waals surface area contributed by atoms with E-state index in [9.17, 15) is 4.79 Å². The van der Waals surface area contributed by atoms with Gasteiger partial charge in [0.1, 0.15) is 0 Å². The molecule has 1 amide bonds. The molecule has 0 unspecified atom stereocenters. The molecule has 0 bridgehead atoms. The molecule has 1 aliphatic rings. The minimum Gasteiger partial charge on any atom is -0.325 e. The molecular weight excluding hydrogens is 390 g/mol. The Labute approximate surface area is 183 Å². The van der Waals surface area contributed by atoms with Crippen molar-refractivity contribution >= 4 is 34.1 Å². The van der Waals surface area contributed by atoms with Crippen molar-refractivity contribution in [3.8, 4) is 0 Å². The lowest BCUT2D eigenvalue weighted by atomic mass is 10.0. The van der Waals surface area contributed by atoms with Gasteiger partial charge in [0.05, 0.1) is 6.54 Å². The van der Waals surface area contributed by atoms with E-state index in [1.165, 1.54) is 33.4 Å². The molecule has 0 atom stereocenters. The van der Waals surface area contributed by atoms with Gasteiger partial charge in [-0.15, -0.1) is 0 Å². The summed E-state index contributed by atoms with van der Waals surface area (Å²) in [5.41, 5.74) is 3.37. The number of nitrogens with zero attached hydrogens (tertiary/aromatic N) is 2. The Morgan fingerprint density at radius 2 is 1.80 bits per heavy atom. The number of amides is 1. The summed E-state index contributed by atoms with van der Waals surface area (Å²) in [4.78, 5) is 17.2. The van der Waals surface area contributed by atoms with E-state index in [0.29, 0.717) is 6.54 Å². The molecule has 4 rings (SSSR count). The first-order valence-corrected chi connectivity index (χ1v) is 11.7. The molecule has 30 heavy (non-hydrogen) atoms. The lowest BCUT2D eigenvalue weighted by molar-refractivity contribution is -0.117. The molecule has 0 aliphatic carbocycles. The zero-order chi connectivity index (χ0) is 20.8. The SMILES string of the molecule is CN(CC(=O)Nc1cccc(CN2CCSCC2)c1)Cc1cccc2ccccc12. The van der Waals surface area contributed by atoms with Gasteiger partial charge in [-0.1, -0.05) is 54.6 Å². The number of hydrogen-bond donors (Lipinski definition) is 1. The number of nitrogens with one attached hydrogen (secondary N) is 1. The van der Waals surface area contributed by atoms with E-state index in [0.717, 1.165) is 31.9 Å². The molecule has 5 heteroatoms. The van der Waals surface area contributed by atoms with Gasteiger partial charge in [0.2, 0.25) is 5.91 Å². The number of anilines is 1. The van der Waals surface area contributed by atoms with E-state index in [4.69, 9.17) is 0 Å². The number of likely N-dealkylation sites (N-methyl/N-ethyl adjacent to an activating group) is 1. The number of carbonyl (C=O) groups is 1. The van der Waals surface area contributed by atoms with Crippen LogP contribution in [0.25, 0.3) is 10.8 Å². The number of benzene rings is 3. The van der Waals surface area contributed by atoms with E-state index < -0.39 is 0 Å². The van der Waals surface area contributed by atoms with E-state index in [1.807, 2.05) is 30.9 Å². The summed E-state index contributed by atoms with van der Waals surface area (Å²) in [7, 11) is 1.99. The fourth-order valence-electron chi connectivity index (χ4n) is 3.99. The van der Waals surface area contributed by atoms with Crippen molar-refractivity contribution in [2.24, 2.45) is 0 Å². The maximum absolute atomic E-state index is 12.6. The highest BCUT2D eigenvalue weighted by Gasteiger charge is 2.12. The largest absolute Gasteiger partial charge is 0.325 e. The van der Waals surface area contributed by atoms with Gasteiger partial charge < -0.3 is 5.32 Å². The molecule has 0 spiro atoms. The average Bonchev–Trinajstić information content (AvgIpc) is 2.75. The number of carbonyl (C=O) groups excluding carboxylic acids is 1. The third kappa shape index (κ3) is 5.63. The highest BCUT2D eigenvalue weighted by molar-refractivity contribution is 7.99. The van der Waals surface area contributed by atoms with Crippen LogP contribution in [0.2, 0.25) is 0 Å². The molecule has 3 aromatic rings. The van der Waals surface area contributed by atoms with Crippen molar-refractivity contribution in [3.63, 3.8) is 0 Å². The first kappa shape index (κ1) is 20.9. The van der Waals surface area contributed by atoms with Crippen molar-refractivity contribution in [2.75, 3.05) is 43.5 Å². The van der Waals surface area contributed by atoms with E-state index in [-0.39, 0.29) is 5.91 Å². The van der Waals surface area contributed by atoms with Crippen molar-refractivity contribution < 1.29 is 4.79 Å². The summed E-state index contributed by atoms with van der Waals surface area (Å²) < 4.78 is 0. The second-order valence-corrected chi connectivity index (χ2v) is 9.17. The minimum absolute atomic E-state index is 0.0178. The highest BCUT2D eigenvalue weighted by Crippen LogP contribution is 2.20. The Morgan fingerprint density at radius 3 is 2.67 bits per heavy atom. The molecule has 0 aromatic heterocycles. The van der Waals surface area contributed by atoms with Crippen molar-refractivity contribution in [1.29, 1.82) is 0 Å². The fraction of sp³-hybridized carbons (Fsp3) is 0.320. The molecule has 1 N–H and O–H groups in total. The van der Waals surface area contributed by atoms with Crippen LogP contribution in [0.15, 0.2) is 66.7 Å². The molecule has 156 valence electrons. The zero-order valence-electron chi connectivity index (χ0n) is 17.5. The lowest BCUT2D eigenvalue weighted by Crippen LogP contribution is -2.32. The van der Waals surface area contributed by atoms with Crippen LogP contribution in [0.4, 0.5) is 5.69 Å². The number of thioether (sulfide) groups is 1. The van der Waals surface area contributed by atoms with E-state index >= 15 is 0 Å². The van der Waals surface area contributed by atoms with Crippen molar-refractivity contribution in [3.05, 3.63) is 77.9 Å². The zero-order valence-corrected chi connectivity index (χ0v) is 18.3. The first-order valence-electron chi connectivity index (χ1n) is 10.5.